The first kappa shape index (κ1) is 13.2. The van der Waals surface area contributed by atoms with E-state index < -0.39 is 0 Å². The molecular formula is C13H18BrNOS. The highest BCUT2D eigenvalue weighted by Crippen LogP contribution is 2.21. The highest BCUT2D eigenvalue weighted by atomic mass is 79.9. The van der Waals surface area contributed by atoms with Gasteiger partial charge in [0.2, 0.25) is 0 Å². The first-order valence-corrected chi connectivity index (χ1v) is 7.87. The number of rotatable bonds is 5. The lowest BCUT2D eigenvalue weighted by atomic mass is 10.2. The van der Waals surface area contributed by atoms with E-state index in [9.17, 15) is 0 Å². The van der Waals surface area contributed by atoms with Crippen molar-refractivity contribution in [2.45, 2.75) is 18.1 Å². The van der Waals surface area contributed by atoms with E-state index in [0.717, 1.165) is 29.5 Å². The van der Waals surface area contributed by atoms with Crippen molar-refractivity contribution in [3.05, 3.63) is 28.7 Å². The monoisotopic (exact) mass is 315 g/mol. The Balaban J connectivity index is 1.60. The summed E-state index contributed by atoms with van der Waals surface area (Å²) in [5, 5.41) is 4.24. The lowest BCUT2D eigenvalue weighted by Gasteiger charge is -2.21. The van der Waals surface area contributed by atoms with Crippen molar-refractivity contribution < 1.29 is 4.74 Å². The molecule has 1 N–H and O–H groups in total. The molecule has 4 heteroatoms. The molecule has 0 aromatic heterocycles. The van der Waals surface area contributed by atoms with Gasteiger partial charge in [-0.3, -0.25) is 0 Å². The summed E-state index contributed by atoms with van der Waals surface area (Å²) < 4.78 is 6.48. The maximum absolute atomic E-state index is 5.35. The summed E-state index contributed by atoms with van der Waals surface area (Å²) in [5.74, 6) is 1.17. The normalized spacial score (nSPS) is 17.0. The van der Waals surface area contributed by atoms with Crippen molar-refractivity contribution in [3.63, 3.8) is 0 Å². The SMILES string of the molecule is Brc1ccc(NCCSC2CCOCC2)cc1. The third-order valence-electron chi connectivity index (χ3n) is 2.80. The minimum atomic E-state index is 0.801. The van der Waals surface area contributed by atoms with Crippen LogP contribution in [0.4, 0.5) is 5.69 Å². The number of thioether (sulfide) groups is 1. The Morgan fingerprint density at radius 3 is 2.65 bits per heavy atom. The minimum absolute atomic E-state index is 0.801. The van der Waals surface area contributed by atoms with Crippen LogP contribution >= 0.6 is 27.7 Å². The van der Waals surface area contributed by atoms with Crippen LogP contribution in [-0.2, 0) is 4.74 Å². The van der Waals surface area contributed by atoms with E-state index in [1.165, 1.54) is 24.3 Å². The molecular weight excluding hydrogens is 298 g/mol. The predicted molar refractivity (Wildman–Crippen MR) is 78.9 cm³/mol. The molecule has 1 fully saturated rings. The molecule has 0 spiro atoms. The molecule has 94 valence electrons. The second kappa shape index (κ2) is 7.29. The van der Waals surface area contributed by atoms with Gasteiger partial charge in [0.25, 0.3) is 0 Å². The van der Waals surface area contributed by atoms with Gasteiger partial charge in [0.1, 0.15) is 0 Å². The summed E-state index contributed by atoms with van der Waals surface area (Å²) in [6.45, 7) is 2.92. The van der Waals surface area contributed by atoms with Gasteiger partial charge in [-0.1, -0.05) is 15.9 Å². The molecule has 0 radical (unpaired) electrons. The molecule has 1 saturated heterocycles. The van der Waals surface area contributed by atoms with E-state index in [4.69, 9.17) is 4.74 Å². The molecule has 1 heterocycles. The highest BCUT2D eigenvalue weighted by molar-refractivity contribution is 9.10. The van der Waals surface area contributed by atoms with Crippen molar-refractivity contribution >= 4 is 33.4 Å². The van der Waals surface area contributed by atoms with E-state index in [1.54, 1.807) is 0 Å². The summed E-state index contributed by atoms with van der Waals surface area (Å²) >= 11 is 5.50. The molecule has 0 unspecified atom stereocenters. The molecule has 17 heavy (non-hydrogen) atoms. The van der Waals surface area contributed by atoms with Gasteiger partial charge in [0.15, 0.2) is 0 Å². The van der Waals surface area contributed by atoms with Crippen LogP contribution in [0.15, 0.2) is 28.7 Å². The van der Waals surface area contributed by atoms with Gasteiger partial charge < -0.3 is 10.1 Å². The zero-order valence-corrected chi connectivity index (χ0v) is 12.2. The lowest BCUT2D eigenvalue weighted by molar-refractivity contribution is 0.100. The van der Waals surface area contributed by atoms with Gasteiger partial charge in [-0.15, -0.1) is 0 Å². The predicted octanol–water partition coefficient (Wildman–Crippen LogP) is 3.77. The fraction of sp³-hybridized carbons (Fsp3) is 0.538. The fourth-order valence-electron chi connectivity index (χ4n) is 1.83. The fourth-order valence-corrected chi connectivity index (χ4v) is 3.17. The number of halogens is 1. The number of nitrogens with one attached hydrogen (secondary N) is 1. The Bertz CT molecular complexity index is 325. The van der Waals surface area contributed by atoms with Gasteiger partial charge in [-0.05, 0) is 37.1 Å². The summed E-state index contributed by atoms with van der Waals surface area (Å²) in [4.78, 5) is 0. The van der Waals surface area contributed by atoms with Gasteiger partial charge in [0, 0.05) is 40.9 Å². The van der Waals surface area contributed by atoms with Crippen LogP contribution in [0.1, 0.15) is 12.8 Å². The summed E-state index contributed by atoms with van der Waals surface area (Å²) in [6, 6.07) is 8.33. The average Bonchev–Trinajstić information content (AvgIpc) is 2.38. The zero-order valence-electron chi connectivity index (χ0n) is 9.82. The highest BCUT2D eigenvalue weighted by Gasteiger charge is 2.13. The number of hydrogen-bond donors (Lipinski definition) is 1. The molecule has 1 aromatic carbocycles. The van der Waals surface area contributed by atoms with E-state index in [1.807, 2.05) is 0 Å². The number of anilines is 1. The topological polar surface area (TPSA) is 21.3 Å². The zero-order chi connectivity index (χ0) is 11.9. The van der Waals surface area contributed by atoms with E-state index in [2.05, 4.69) is 57.3 Å². The first-order chi connectivity index (χ1) is 8.34. The van der Waals surface area contributed by atoms with Crippen molar-refractivity contribution in [3.8, 4) is 0 Å². The van der Waals surface area contributed by atoms with Crippen molar-refractivity contribution in [2.24, 2.45) is 0 Å². The summed E-state index contributed by atoms with van der Waals surface area (Å²) in [7, 11) is 0. The van der Waals surface area contributed by atoms with Gasteiger partial charge >= 0.3 is 0 Å². The third kappa shape index (κ3) is 4.90. The summed E-state index contributed by atoms with van der Waals surface area (Å²) in [5.41, 5.74) is 1.20. The van der Waals surface area contributed by atoms with Crippen molar-refractivity contribution in [2.75, 3.05) is 30.8 Å². The maximum Gasteiger partial charge on any atom is 0.0476 e. The third-order valence-corrected chi connectivity index (χ3v) is 4.71. The van der Waals surface area contributed by atoms with Crippen LogP contribution < -0.4 is 5.32 Å². The van der Waals surface area contributed by atoms with Crippen molar-refractivity contribution in [1.82, 2.24) is 0 Å². The molecule has 0 bridgehead atoms. The Labute approximate surface area is 116 Å². The Hall–Kier alpha value is -0.190. The quantitative estimate of drug-likeness (QED) is 0.836. The molecule has 0 atom stereocenters. The number of hydrogen-bond acceptors (Lipinski definition) is 3. The van der Waals surface area contributed by atoms with Crippen LogP contribution in [0, 0.1) is 0 Å². The van der Waals surface area contributed by atoms with E-state index in [-0.39, 0.29) is 0 Å². The molecule has 0 amide bonds. The van der Waals surface area contributed by atoms with Gasteiger partial charge in [-0.25, -0.2) is 0 Å². The molecule has 0 aliphatic carbocycles. The average molecular weight is 316 g/mol. The van der Waals surface area contributed by atoms with Gasteiger partial charge in [-0.2, -0.15) is 11.8 Å². The molecule has 2 nitrogen and oxygen atoms in total. The Kier molecular flexibility index (Phi) is 5.68. The number of ether oxygens (including phenoxy) is 1. The smallest absolute Gasteiger partial charge is 0.0476 e. The summed E-state index contributed by atoms with van der Waals surface area (Å²) in [6.07, 6.45) is 2.42. The molecule has 1 aliphatic heterocycles. The van der Waals surface area contributed by atoms with Crippen molar-refractivity contribution in [1.29, 1.82) is 0 Å². The van der Waals surface area contributed by atoms with Crippen LogP contribution in [0.3, 0.4) is 0 Å². The van der Waals surface area contributed by atoms with E-state index >= 15 is 0 Å². The van der Waals surface area contributed by atoms with Crippen LogP contribution in [-0.4, -0.2) is 30.8 Å². The minimum Gasteiger partial charge on any atom is -0.384 e. The largest absolute Gasteiger partial charge is 0.384 e. The molecule has 0 saturated carbocycles. The number of benzene rings is 1. The lowest BCUT2D eigenvalue weighted by Crippen LogP contribution is -2.19. The Morgan fingerprint density at radius 1 is 1.24 bits per heavy atom. The van der Waals surface area contributed by atoms with Crippen LogP contribution in [0.5, 0.6) is 0 Å². The maximum atomic E-state index is 5.35. The Morgan fingerprint density at radius 2 is 1.94 bits per heavy atom. The van der Waals surface area contributed by atoms with Gasteiger partial charge in [0.05, 0.1) is 0 Å². The molecule has 1 aliphatic rings. The standard InChI is InChI=1S/C13H18BrNOS/c14-11-1-3-12(4-2-11)15-7-10-17-13-5-8-16-9-6-13/h1-4,13,15H,5-10H2. The second-order valence-corrected chi connectivity index (χ2v) is 6.44. The van der Waals surface area contributed by atoms with Crippen LogP contribution in [0.2, 0.25) is 0 Å². The molecule has 2 rings (SSSR count). The first-order valence-electron chi connectivity index (χ1n) is 6.03. The van der Waals surface area contributed by atoms with Crippen LogP contribution in [0.25, 0.3) is 0 Å². The second-order valence-electron chi connectivity index (χ2n) is 4.12. The molecule has 1 aromatic rings. The van der Waals surface area contributed by atoms with E-state index in [0.29, 0.717) is 0 Å².